The van der Waals surface area contributed by atoms with E-state index >= 15 is 0 Å². The lowest BCUT2D eigenvalue weighted by molar-refractivity contribution is 0.690. The van der Waals surface area contributed by atoms with E-state index in [9.17, 15) is 0 Å². The van der Waals surface area contributed by atoms with Crippen molar-refractivity contribution < 1.29 is 0 Å². The van der Waals surface area contributed by atoms with Crippen molar-refractivity contribution in [2.45, 2.75) is 6.54 Å². The van der Waals surface area contributed by atoms with Gasteiger partial charge in [0.05, 0.1) is 6.54 Å². The molecule has 0 unspecified atom stereocenters. The average Bonchev–Trinajstić information content (AvgIpc) is 2.58. The quantitative estimate of drug-likeness (QED) is 0.879. The normalized spacial score (nSPS) is 10.5. The highest BCUT2D eigenvalue weighted by Crippen LogP contribution is 2.24. The Balaban J connectivity index is 2.31. The van der Waals surface area contributed by atoms with Gasteiger partial charge in [0.15, 0.2) is 0 Å². The molecule has 0 fully saturated rings. The van der Waals surface area contributed by atoms with Crippen LogP contribution in [0.4, 0.5) is 5.82 Å². The van der Waals surface area contributed by atoms with E-state index in [1.54, 1.807) is 29.1 Å². The molecule has 0 aliphatic carbocycles. The molecule has 0 saturated carbocycles. The fourth-order valence-corrected chi connectivity index (χ4v) is 1.83. The predicted molar refractivity (Wildman–Crippen MR) is 62.2 cm³/mol. The molecule has 0 radical (unpaired) electrons. The molecule has 0 spiro atoms. The number of nitrogen functional groups attached to an aromatic ring is 1. The second-order valence-electron chi connectivity index (χ2n) is 3.14. The van der Waals surface area contributed by atoms with Crippen LogP contribution in [0.5, 0.6) is 0 Å². The molecule has 0 bridgehead atoms. The highest BCUT2D eigenvalue weighted by Gasteiger charge is 2.06. The van der Waals surface area contributed by atoms with Gasteiger partial charge < -0.3 is 5.73 Å². The molecular formula is C10H9Cl2N3. The summed E-state index contributed by atoms with van der Waals surface area (Å²) in [5.41, 5.74) is 6.36. The van der Waals surface area contributed by atoms with Gasteiger partial charge in [-0.2, -0.15) is 5.10 Å². The van der Waals surface area contributed by atoms with Crippen molar-refractivity contribution in [3.8, 4) is 0 Å². The highest BCUT2D eigenvalue weighted by molar-refractivity contribution is 6.35. The van der Waals surface area contributed by atoms with Crippen molar-refractivity contribution in [2.75, 3.05) is 5.73 Å². The largest absolute Gasteiger partial charge is 0.382 e. The van der Waals surface area contributed by atoms with E-state index in [-0.39, 0.29) is 0 Å². The highest BCUT2D eigenvalue weighted by atomic mass is 35.5. The second-order valence-corrected chi connectivity index (χ2v) is 3.95. The Hall–Kier alpha value is -1.19. The predicted octanol–water partition coefficient (Wildman–Crippen LogP) is 2.82. The van der Waals surface area contributed by atoms with Crippen molar-refractivity contribution in [3.05, 3.63) is 46.1 Å². The standard InChI is InChI=1S/C10H9Cl2N3/c11-8-2-1-3-9(12)7(8)6-15-5-4-10(13)14-15/h1-5H,6H2,(H2,13,14). The van der Waals surface area contributed by atoms with Crippen LogP contribution in [-0.4, -0.2) is 9.78 Å². The lowest BCUT2D eigenvalue weighted by atomic mass is 10.2. The van der Waals surface area contributed by atoms with Crippen molar-refractivity contribution in [3.63, 3.8) is 0 Å². The summed E-state index contributed by atoms with van der Waals surface area (Å²) in [6.07, 6.45) is 1.79. The number of halogens is 2. The Morgan fingerprint density at radius 2 is 1.87 bits per heavy atom. The van der Waals surface area contributed by atoms with Crippen LogP contribution in [0.2, 0.25) is 10.0 Å². The lowest BCUT2D eigenvalue weighted by Crippen LogP contribution is -2.02. The summed E-state index contributed by atoms with van der Waals surface area (Å²) >= 11 is 12.1. The number of nitrogens with two attached hydrogens (primary N) is 1. The molecule has 15 heavy (non-hydrogen) atoms. The van der Waals surface area contributed by atoms with Crippen LogP contribution in [0.1, 0.15) is 5.56 Å². The van der Waals surface area contributed by atoms with E-state index in [1.165, 1.54) is 0 Å². The molecule has 3 nitrogen and oxygen atoms in total. The molecule has 2 aromatic rings. The number of rotatable bonds is 2. The minimum absolute atomic E-state index is 0.484. The third-order valence-corrected chi connectivity index (χ3v) is 2.75. The summed E-state index contributed by atoms with van der Waals surface area (Å²) in [7, 11) is 0. The molecule has 2 N–H and O–H groups in total. The van der Waals surface area contributed by atoms with E-state index in [4.69, 9.17) is 28.9 Å². The van der Waals surface area contributed by atoms with Gasteiger partial charge in [-0.1, -0.05) is 29.3 Å². The first-order valence-electron chi connectivity index (χ1n) is 4.38. The lowest BCUT2D eigenvalue weighted by Gasteiger charge is -2.06. The zero-order valence-corrected chi connectivity index (χ0v) is 9.33. The van der Waals surface area contributed by atoms with Crippen LogP contribution in [0, 0.1) is 0 Å². The van der Waals surface area contributed by atoms with E-state index in [0.29, 0.717) is 22.4 Å². The Bertz CT molecular complexity index is 459. The number of hydrogen-bond donors (Lipinski definition) is 1. The maximum atomic E-state index is 6.03. The first-order valence-corrected chi connectivity index (χ1v) is 5.14. The van der Waals surface area contributed by atoms with Crippen molar-refractivity contribution in [1.82, 2.24) is 9.78 Å². The van der Waals surface area contributed by atoms with E-state index in [2.05, 4.69) is 5.10 Å². The summed E-state index contributed by atoms with van der Waals surface area (Å²) < 4.78 is 1.70. The molecule has 0 atom stereocenters. The van der Waals surface area contributed by atoms with E-state index in [0.717, 1.165) is 5.56 Å². The number of nitrogens with zero attached hydrogens (tertiary/aromatic N) is 2. The summed E-state index contributed by atoms with van der Waals surface area (Å²) in [6, 6.07) is 7.14. The van der Waals surface area contributed by atoms with Crippen LogP contribution in [0.15, 0.2) is 30.5 Å². The van der Waals surface area contributed by atoms with E-state index in [1.807, 2.05) is 6.07 Å². The van der Waals surface area contributed by atoms with Crippen molar-refractivity contribution >= 4 is 29.0 Å². The van der Waals surface area contributed by atoms with Gasteiger partial charge in [0.25, 0.3) is 0 Å². The number of aromatic nitrogens is 2. The summed E-state index contributed by atoms with van der Waals surface area (Å²) in [5, 5.41) is 5.34. The number of hydrogen-bond acceptors (Lipinski definition) is 2. The Morgan fingerprint density at radius 3 is 2.40 bits per heavy atom. The number of benzene rings is 1. The zero-order chi connectivity index (χ0) is 10.8. The maximum Gasteiger partial charge on any atom is 0.145 e. The summed E-state index contributed by atoms with van der Waals surface area (Å²) in [4.78, 5) is 0. The van der Waals surface area contributed by atoms with Gasteiger partial charge >= 0.3 is 0 Å². The van der Waals surface area contributed by atoms with Gasteiger partial charge in [-0.25, -0.2) is 0 Å². The smallest absolute Gasteiger partial charge is 0.145 e. The molecule has 2 rings (SSSR count). The molecule has 0 aliphatic rings. The van der Waals surface area contributed by atoms with E-state index < -0.39 is 0 Å². The maximum absolute atomic E-state index is 6.03. The third-order valence-electron chi connectivity index (χ3n) is 2.04. The van der Waals surface area contributed by atoms with Gasteiger partial charge in [0.2, 0.25) is 0 Å². The summed E-state index contributed by atoms with van der Waals surface area (Å²) in [5.74, 6) is 0.484. The fraction of sp³-hybridized carbons (Fsp3) is 0.100. The van der Waals surface area contributed by atoms with Crippen LogP contribution >= 0.6 is 23.2 Å². The monoisotopic (exact) mass is 241 g/mol. The number of anilines is 1. The minimum atomic E-state index is 0.484. The van der Waals surface area contributed by atoms with Gasteiger partial charge in [-0.15, -0.1) is 0 Å². The molecule has 0 saturated heterocycles. The summed E-state index contributed by atoms with van der Waals surface area (Å²) in [6.45, 7) is 0.524. The molecular weight excluding hydrogens is 233 g/mol. The molecule has 78 valence electrons. The molecule has 1 aromatic heterocycles. The Kier molecular flexibility index (Phi) is 2.84. The third kappa shape index (κ3) is 2.25. The van der Waals surface area contributed by atoms with Crippen molar-refractivity contribution in [2.24, 2.45) is 0 Å². The molecule has 0 aliphatic heterocycles. The van der Waals surface area contributed by atoms with Gasteiger partial charge in [0, 0.05) is 21.8 Å². The zero-order valence-electron chi connectivity index (χ0n) is 7.82. The Labute approximate surface area is 97.4 Å². The van der Waals surface area contributed by atoms with Crippen molar-refractivity contribution in [1.29, 1.82) is 0 Å². The van der Waals surface area contributed by atoms with Crippen LogP contribution < -0.4 is 5.73 Å². The van der Waals surface area contributed by atoms with Crippen LogP contribution in [0.25, 0.3) is 0 Å². The van der Waals surface area contributed by atoms with Crippen LogP contribution in [0.3, 0.4) is 0 Å². The molecule has 1 heterocycles. The van der Waals surface area contributed by atoms with Gasteiger partial charge in [0.1, 0.15) is 5.82 Å². The molecule has 1 aromatic carbocycles. The molecule has 0 amide bonds. The average molecular weight is 242 g/mol. The van der Waals surface area contributed by atoms with Gasteiger partial charge in [-0.3, -0.25) is 4.68 Å². The topological polar surface area (TPSA) is 43.8 Å². The fourth-order valence-electron chi connectivity index (χ4n) is 1.31. The SMILES string of the molecule is Nc1ccn(Cc2c(Cl)cccc2Cl)n1. The van der Waals surface area contributed by atoms with Crippen LogP contribution in [-0.2, 0) is 6.54 Å². The Morgan fingerprint density at radius 1 is 1.20 bits per heavy atom. The van der Waals surface area contributed by atoms with Gasteiger partial charge in [-0.05, 0) is 18.2 Å². The first-order chi connectivity index (χ1) is 7.16. The second kappa shape index (κ2) is 4.13. The molecule has 5 heteroatoms. The first kappa shape index (κ1) is 10.3. The minimum Gasteiger partial charge on any atom is -0.382 e.